The van der Waals surface area contributed by atoms with Crippen LogP contribution in [0, 0.1) is 0 Å². The SMILES string of the molecule is O=C(c1ccc(Br)cc1)c1occc1Br. The number of halogens is 2. The number of ketones is 1. The van der Waals surface area contributed by atoms with Crippen molar-refractivity contribution in [3.63, 3.8) is 0 Å². The van der Waals surface area contributed by atoms with Crippen molar-refractivity contribution in [1.29, 1.82) is 0 Å². The second kappa shape index (κ2) is 4.33. The Labute approximate surface area is 104 Å². The summed E-state index contributed by atoms with van der Waals surface area (Å²) in [5.74, 6) is 0.205. The van der Waals surface area contributed by atoms with E-state index in [-0.39, 0.29) is 5.78 Å². The minimum atomic E-state index is -0.126. The summed E-state index contributed by atoms with van der Waals surface area (Å²) in [5.41, 5.74) is 0.605. The third kappa shape index (κ3) is 2.21. The van der Waals surface area contributed by atoms with Gasteiger partial charge >= 0.3 is 0 Å². The average molecular weight is 330 g/mol. The smallest absolute Gasteiger partial charge is 0.229 e. The van der Waals surface area contributed by atoms with Gasteiger partial charge in [0, 0.05) is 10.0 Å². The van der Waals surface area contributed by atoms with Crippen LogP contribution in [0.5, 0.6) is 0 Å². The number of hydrogen-bond acceptors (Lipinski definition) is 2. The molecule has 1 aromatic heterocycles. The molecule has 0 aliphatic heterocycles. The van der Waals surface area contributed by atoms with Crippen LogP contribution < -0.4 is 0 Å². The van der Waals surface area contributed by atoms with Crippen LogP contribution in [-0.2, 0) is 0 Å². The molecule has 0 saturated carbocycles. The summed E-state index contributed by atoms with van der Waals surface area (Å²) in [7, 11) is 0. The van der Waals surface area contributed by atoms with Gasteiger partial charge in [0.1, 0.15) is 0 Å². The zero-order valence-corrected chi connectivity index (χ0v) is 10.7. The Balaban J connectivity index is 2.37. The van der Waals surface area contributed by atoms with E-state index in [1.54, 1.807) is 18.2 Å². The Morgan fingerprint density at radius 1 is 1.07 bits per heavy atom. The van der Waals surface area contributed by atoms with Crippen molar-refractivity contribution in [2.45, 2.75) is 0 Å². The molecule has 0 unspecified atom stereocenters. The van der Waals surface area contributed by atoms with Crippen LogP contribution in [0.1, 0.15) is 16.1 Å². The Morgan fingerprint density at radius 2 is 1.73 bits per heavy atom. The summed E-state index contributed by atoms with van der Waals surface area (Å²) in [4.78, 5) is 11.9. The topological polar surface area (TPSA) is 30.2 Å². The molecule has 4 heteroatoms. The van der Waals surface area contributed by atoms with Crippen LogP contribution in [-0.4, -0.2) is 5.78 Å². The molecule has 76 valence electrons. The van der Waals surface area contributed by atoms with E-state index in [0.29, 0.717) is 15.8 Å². The number of benzene rings is 1. The molecule has 15 heavy (non-hydrogen) atoms. The molecule has 0 radical (unpaired) electrons. The highest BCUT2D eigenvalue weighted by atomic mass is 79.9. The third-order valence-electron chi connectivity index (χ3n) is 1.93. The summed E-state index contributed by atoms with van der Waals surface area (Å²) in [6.07, 6.45) is 1.48. The molecule has 0 atom stereocenters. The molecular formula is C11H6Br2O2. The maximum absolute atomic E-state index is 11.9. The lowest BCUT2D eigenvalue weighted by Crippen LogP contribution is -1.99. The molecule has 1 aromatic carbocycles. The minimum Gasteiger partial charge on any atom is -0.460 e. The second-order valence-corrected chi connectivity index (χ2v) is 4.70. The van der Waals surface area contributed by atoms with E-state index in [9.17, 15) is 4.79 Å². The third-order valence-corrected chi connectivity index (χ3v) is 3.08. The van der Waals surface area contributed by atoms with E-state index in [2.05, 4.69) is 31.9 Å². The Morgan fingerprint density at radius 3 is 2.27 bits per heavy atom. The molecule has 2 nitrogen and oxygen atoms in total. The van der Waals surface area contributed by atoms with E-state index in [1.165, 1.54) is 6.26 Å². The molecule has 0 aliphatic carbocycles. The fourth-order valence-electron chi connectivity index (χ4n) is 1.19. The van der Waals surface area contributed by atoms with Gasteiger partial charge in [-0.25, -0.2) is 0 Å². The summed E-state index contributed by atoms with van der Waals surface area (Å²) in [6, 6.07) is 8.85. The van der Waals surface area contributed by atoms with Gasteiger partial charge in [-0.3, -0.25) is 4.79 Å². The van der Waals surface area contributed by atoms with Gasteiger partial charge in [-0.05, 0) is 46.3 Å². The van der Waals surface area contributed by atoms with Crippen molar-refractivity contribution >= 4 is 37.6 Å². The number of carbonyl (C=O) groups is 1. The fraction of sp³-hybridized carbons (Fsp3) is 0. The number of rotatable bonds is 2. The molecule has 2 rings (SSSR count). The summed E-state index contributed by atoms with van der Waals surface area (Å²) < 4.78 is 6.72. The van der Waals surface area contributed by atoms with Gasteiger partial charge in [-0.1, -0.05) is 15.9 Å². The number of carbonyl (C=O) groups excluding carboxylic acids is 1. The van der Waals surface area contributed by atoms with E-state index < -0.39 is 0 Å². The van der Waals surface area contributed by atoms with Crippen molar-refractivity contribution in [1.82, 2.24) is 0 Å². The molecule has 0 bridgehead atoms. The van der Waals surface area contributed by atoms with Gasteiger partial charge in [0.2, 0.25) is 5.78 Å². The van der Waals surface area contributed by atoms with E-state index >= 15 is 0 Å². The molecular weight excluding hydrogens is 324 g/mol. The van der Waals surface area contributed by atoms with Crippen LogP contribution in [0.3, 0.4) is 0 Å². The predicted molar refractivity (Wildman–Crippen MR) is 64.0 cm³/mol. The maximum atomic E-state index is 11.9. The fourth-order valence-corrected chi connectivity index (χ4v) is 1.83. The molecule has 0 N–H and O–H groups in total. The van der Waals surface area contributed by atoms with Gasteiger partial charge in [0.05, 0.1) is 10.7 Å². The van der Waals surface area contributed by atoms with Crippen molar-refractivity contribution in [2.24, 2.45) is 0 Å². The quantitative estimate of drug-likeness (QED) is 0.778. The number of furan rings is 1. The lowest BCUT2D eigenvalue weighted by molar-refractivity contribution is 0.101. The zero-order valence-electron chi connectivity index (χ0n) is 7.54. The van der Waals surface area contributed by atoms with E-state index in [4.69, 9.17) is 4.42 Å². The Bertz CT molecular complexity index is 486. The lowest BCUT2D eigenvalue weighted by atomic mass is 10.1. The van der Waals surface area contributed by atoms with Gasteiger partial charge in [0.25, 0.3) is 0 Å². The Hall–Kier alpha value is -0.870. The summed E-state index contributed by atoms with van der Waals surface area (Å²) in [6.45, 7) is 0. The van der Waals surface area contributed by atoms with Gasteiger partial charge in [0.15, 0.2) is 5.76 Å². The first kappa shape index (κ1) is 10.6. The number of hydrogen-bond donors (Lipinski definition) is 0. The zero-order chi connectivity index (χ0) is 10.8. The van der Waals surface area contributed by atoms with Crippen LogP contribution >= 0.6 is 31.9 Å². The highest BCUT2D eigenvalue weighted by Gasteiger charge is 2.15. The van der Waals surface area contributed by atoms with Crippen LogP contribution in [0.4, 0.5) is 0 Å². The van der Waals surface area contributed by atoms with E-state index in [0.717, 1.165) is 4.47 Å². The molecule has 1 heterocycles. The molecule has 0 saturated heterocycles. The minimum absolute atomic E-state index is 0.126. The van der Waals surface area contributed by atoms with E-state index in [1.807, 2.05) is 12.1 Å². The molecule has 0 spiro atoms. The molecule has 0 aliphatic rings. The maximum Gasteiger partial charge on any atom is 0.229 e. The van der Waals surface area contributed by atoms with Gasteiger partial charge < -0.3 is 4.42 Å². The molecule has 0 fully saturated rings. The van der Waals surface area contributed by atoms with Gasteiger partial charge in [-0.2, -0.15) is 0 Å². The normalized spacial score (nSPS) is 10.3. The Kier molecular flexibility index (Phi) is 3.07. The predicted octanol–water partition coefficient (Wildman–Crippen LogP) is 4.04. The highest BCUT2D eigenvalue weighted by Crippen LogP contribution is 2.21. The van der Waals surface area contributed by atoms with Crippen molar-refractivity contribution in [3.8, 4) is 0 Å². The highest BCUT2D eigenvalue weighted by molar-refractivity contribution is 9.10. The first-order valence-electron chi connectivity index (χ1n) is 4.22. The standard InChI is InChI=1S/C11H6Br2O2/c12-8-3-1-7(2-4-8)10(14)11-9(13)5-6-15-11/h1-6H. The van der Waals surface area contributed by atoms with Crippen molar-refractivity contribution in [2.75, 3.05) is 0 Å². The summed E-state index contributed by atoms with van der Waals surface area (Å²) in [5, 5.41) is 0. The molecule has 2 aromatic rings. The molecule has 0 amide bonds. The average Bonchev–Trinajstić information content (AvgIpc) is 2.65. The first-order valence-corrected chi connectivity index (χ1v) is 5.80. The monoisotopic (exact) mass is 328 g/mol. The lowest BCUT2D eigenvalue weighted by Gasteiger charge is -1.98. The summed E-state index contributed by atoms with van der Waals surface area (Å²) >= 11 is 6.57. The van der Waals surface area contributed by atoms with Gasteiger partial charge in [-0.15, -0.1) is 0 Å². The second-order valence-electron chi connectivity index (χ2n) is 2.93. The van der Waals surface area contributed by atoms with Crippen LogP contribution in [0.2, 0.25) is 0 Å². The van der Waals surface area contributed by atoms with Crippen LogP contribution in [0.25, 0.3) is 0 Å². The van der Waals surface area contributed by atoms with Crippen LogP contribution in [0.15, 0.2) is 50.0 Å². The first-order chi connectivity index (χ1) is 7.18. The van der Waals surface area contributed by atoms with Crippen molar-refractivity contribution in [3.05, 3.63) is 56.9 Å². The van der Waals surface area contributed by atoms with Crippen molar-refractivity contribution < 1.29 is 9.21 Å². The largest absolute Gasteiger partial charge is 0.460 e.